The molecule has 1 aliphatic rings. The van der Waals surface area contributed by atoms with Crippen LogP contribution in [-0.4, -0.2) is 35.8 Å². The van der Waals surface area contributed by atoms with Gasteiger partial charge in [-0.1, -0.05) is 44.5 Å². The molecule has 0 aliphatic carbocycles. The van der Waals surface area contributed by atoms with Gasteiger partial charge in [-0.3, -0.25) is 14.5 Å². The van der Waals surface area contributed by atoms with Gasteiger partial charge in [0.25, 0.3) is 0 Å². The molecule has 3 unspecified atom stereocenters. The minimum absolute atomic E-state index is 0. The van der Waals surface area contributed by atoms with E-state index in [2.05, 4.69) is 22.3 Å². The van der Waals surface area contributed by atoms with Crippen LogP contribution in [0.2, 0.25) is 0 Å². The molecule has 3 atom stereocenters. The molecule has 1 saturated heterocycles. The molecule has 2 rings (SSSR count). The van der Waals surface area contributed by atoms with Crippen LogP contribution in [0.3, 0.4) is 0 Å². The van der Waals surface area contributed by atoms with Crippen LogP contribution in [0.4, 0.5) is 0 Å². The molecule has 1 aliphatic heterocycles. The third-order valence-corrected chi connectivity index (χ3v) is 5.33. The molecule has 0 bridgehead atoms. The second-order valence-electron chi connectivity index (χ2n) is 7.43. The van der Waals surface area contributed by atoms with Crippen LogP contribution in [0.15, 0.2) is 24.3 Å². The summed E-state index contributed by atoms with van der Waals surface area (Å²) in [7, 11) is 0. The van der Waals surface area contributed by atoms with Gasteiger partial charge in [0.15, 0.2) is 0 Å². The van der Waals surface area contributed by atoms with Gasteiger partial charge in [0.05, 0.1) is 12.0 Å². The van der Waals surface area contributed by atoms with E-state index in [1.54, 1.807) is 0 Å². The number of halogens is 1. The van der Waals surface area contributed by atoms with E-state index in [9.17, 15) is 9.59 Å². The van der Waals surface area contributed by atoms with Crippen molar-refractivity contribution in [1.82, 2.24) is 10.2 Å². The van der Waals surface area contributed by atoms with Crippen LogP contribution in [0.5, 0.6) is 0 Å². The summed E-state index contributed by atoms with van der Waals surface area (Å²) in [4.78, 5) is 25.8. The van der Waals surface area contributed by atoms with E-state index in [4.69, 9.17) is 11.5 Å². The summed E-state index contributed by atoms with van der Waals surface area (Å²) >= 11 is 0. The quantitative estimate of drug-likeness (QED) is 0.623. The number of benzene rings is 1. The van der Waals surface area contributed by atoms with Crippen molar-refractivity contribution >= 4 is 24.2 Å². The first-order chi connectivity index (χ1) is 12.4. The fraction of sp³-hybridized carbons (Fsp3) is 0.600. The molecule has 0 saturated carbocycles. The molecular formula is C20H33ClN4O2. The minimum atomic E-state index is -0.470. The number of amides is 2. The number of rotatable bonds is 8. The largest absolute Gasteiger partial charge is 0.369 e. The molecular weight excluding hydrogens is 364 g/mol. The summed E-state index contributed by atoms with van der Waals surface area (Å²) in [6.45, 7) is 6.99. The molecule has 1 aromatic carbocycles. The molecule has 27 heavy (non-hydrogen) atoms. The van der Waals surface area contributed by atoms with E-state index in [1.807, 2.05) is 26.0 Å². The maximum Gasteiger partial charge on any atom is 0.237 e. The third-order valence-electron chi connectivity index (χ3n) is 5.33. The van der Waals surface area contributed by atoms with Gasteiger partial charge in [0.2, 0.25) is 11.8 Å². The Kier molecular flexibility index (Phi) is 9.77. The molecule has 6 nitrogen and oxygen atoms in total. The summed E-state index contributed by atoms with van der Waals surface area (Å²) in [5.41, 5.74) is 13.6. The van der Waals surface area contributed by atoms with Crippen molar-refractivity contribution in [1.29, 1.82) is 0 Å². The van der Waals surface area contributed by atoms with E-state index in [-0.39, 0.29) is 36.1 Å². The highest BCUT2D eigenvalue weighted by Crippen LogP contribution is 2.18. The number of nitrogens with zero attached hydrogens (tertiary/aromatic N) is 1. The summed E-state index contributed by atoms with van der Waals surface area (Å²) in [5.74, 6) is -0.194. The van der Waals surface area contributed by atoms with E-state index in [0.717, 1.165) is 44.5 Å². The number of piperidine rings is 1. The molecule has 1 fully saturated rings. The lowest BCUT2D eigenvalue weighted by Gasteiger charge is -2.31. The second kappa shape index (κ2) is 11.3. The van der Waals surface area contributed by atoms with Crippen molar-refractivity contribution in [3.05, 3.63) is 35.4 Å². The molecule has 5 N–H and O–H groups in total. The van der Waals surface area contributed by atoms with Gasteiger partial charge in [0, 0.05) is 19.6 Å². The Morgan fingerprint density at radius 2 is 2.04 bits per heavy atom. The highest BCUT2D eigenvalue weighted by Gasteiger charge is 2.24. The Labute approximate surface area is 168 Å². The first-order valence-corrected chi connectivity index (χ1v) is 9.53. The number of nitrogens with one attached hydrogen (secondary N) is 1. The number of hydrogen-bond donors (Lipinski definition) is 3. The zero-order chi connectivity index (χ0) is 19.1. The first-order valence-electron chi connectivity index (χ1n) is 9.53. The van der Waals surface area contributed by atoms with Gasteiger partial charge in [-0.05, 0) is 36.4 Å². The molecule has 0 aromatic heterocycles. The van der Waals surface area contributed by atoms with Crippen molar-refractivity contribution < 1.29 is 9.59 Å². The number of primary amides is 1. The molecule has 1 aromatic rings. The molecule has 0 radical (unpaired) electrons. The van der Waals surface area contributed by atoms with Crippen molar-refractivity contribution in [3.63, 3.8) is 0 Å². The number of carbonyl (C=O) groups is 2. The maximum absolute atomic E-state index is 12.1. The minimum Gasteiger partial charge on any atom is -0.369 e. The Bertz CT molecular complexity index is 626. The molecule has 7 heteroatoms. The zero-order valence-electron chi connectivity index (χ0n) is 16.3. The van der Waals surface area contributed by atoms with Crippen LogP contribution in [0.25, 0.3) is 0 Å². The van der Waals surface area contributed by atoms with Gasteiger partial charge >= 0.3 is 0 Å². The lowest BCUT2D eigenvalue weighted by Crippen LogP contribution is -2.44. The van der Waals surface area contributed by atoms with Gasteiger partial charge in [0.1, 0.15) is 0 Å². The summed E-state index contributed by atoms with van der Waals surface area (Å²) in [5, 5.41) is 2.93. The predicted molar refractivity (Wildman–Crippen MR) is 110 cm³/mol. The standard InChI is InChI=1S/C20H32N4O2.ClH/c1-3-14(2)18(21)20(26)23-11-15-6-4-7-16(10-15)12-24-9-5-8-17(13-24)19(22)25;/h4,6-7,10,14,17-18H,3,5,8-9,11-13,21H2,1-2H3,(H2,22,25)(H,23,26);1H. The maximum atomic E-state index is 12.1. The van der Waals surface area contributed by atoms with Crippen LogP contribution in [-0.2, 0) is 22.7 Å². The normalized spacial score (nSPS) is 19.6. The van der Waals surface area contributed by atoms with Gasteiger partial charge in [-0.25, -0.2) is 0 Å². The zero-order valence-corrected chi connectivity index (χ0v) is 17.1. The number of carbonyl (C=O) groups excluding carboxylic acids is 2. The average molecular weight is 397 g/mol. The Morgan fingerprint density at radius 3 is 2.70 bits per heavy atom. The average Bonchev–Trinajstić information content (AvgIpc) is 2.65. The van der Waals surface area contributed by atoms with E-state index >= 15 is 0 Å². The summed E-state index contributed by atoms with van der Waals surface area (Å²) < 4.78 is 0. The molecule has 152 valence electrons. The second-order valence-corrected chi connectivity index (χ2v) is 7.43. The van der Waals surface area contributed by atoms with Crippen molar-refractivity contribution in [2.45, 2.75) is 52.2 Å². The predicted octanol–water partition coefficient (Wildman–Crippen LogP) is 1.80. The van der Waals surface area contributed by atoms with Gasteiger partial charge in [-0.15, -0.1) is 12.4 Å². The molecule has 0 spiro atoms. The SMILES string of the molecule is CCC(C)C(N)C(=O)NCc1cccc(CN2CCCC(C(N)=O)C2)c1.Cl. The smallest absolute Gasteiger partial charge is 0.237 e. The van der Waals surface area contributed by atoms with Gasteiger partial charge < -0.3 is 16.8 Å². The van der Waals surface area contributed by atoms with Crippen LogP contribution < -0.4 is 16.8 Å². The fourth-order valence-electron chi connectivity index (χ4n) is 3.35. The third kappa shape index (κ3) is 7.13. The highest BCUT2D eigenvalue weighted by molar-refractivity contribution is 5.85. The van der Waals surface area contributed by atoms with Crippen LogP contribution in [0.1, 0.15) is 44.2 Å². The Morgan fingerprint density at radius 1 is 1.33 bits per heavy atom. The Hall–Kier alpha value is -1.63. The Balaban J connectivity index is 0.00000364. The van der Waals surface area contributed by atoms with Crippen LogP contribution >= 0.6 is 12.4 Å². The summed E-state index contributed by atoms with van der Waals surface area (Å²) in [6.07, 6.45) is 2.76. The van der Waals surface area contributed by atoms with E-state index < -0.39 is 6.04 Å². The van der Waals surface area contributed by atoms with E-state index in [0.29, 0.717) is 6.54 Å². The molecule has 2 amide bonds. The lowest BCUT2D eigenvalue weighted by molar-refractivity contribution is -0.124. The number of likely N-dealkylation sites (tertiary alicyclic amines) is 1. The first kappa shape index (κ1) is 23.4. The molecule has 1 heterocycles. The lowest BCUT2D eigenvalue weighted by atomic mass is 9.97. The van der Waals surface area contributed by atoms with Crippen molar-refractivity contribution in [2.24, 2.45) is 23.3 Å². The monoisotopic (exact) mass is 396 g/mol. The fourth-order valence-corrected chi connectivity index (χ4v) is 3.35. The van der Waals surface area contributed by atoms with Crippen molar-refractivity contribution in [3.8, 4) is 0 Å². The van der Waals surface area contributed by atoms with E-state index in [1.165, 1.54) is 5.56 Å². The number of nitrogens with two attached hydrogens (primary N) is 2. The van der Waals surface area contributed by atoms with Crippen molar-refractivity contribution in [2.75, 3.05) is 13.1 Å². The number of hydrogen-bond acceptors (Lipinski definition) is 4. The highest BCUT2D eigenvalue weighted by atomic mass is 35.5. The van der Waals surface area contributed by atoms with Gasteiger partial charge in [-0.2, -0.15) is 0 Å². The summed E-state index contributed by atoms with van der Waals surface area (Å²) in [6, 6.07) is 7.71. The van der Waals surface area contributed by atoms with Crippen LogP contribution in [0, 0.1) is 11.8 Å². The topological polar surface area (TPSA) is 101 Å².